The number of aliphatic hydroxyl groups excluding tert-OH is 1. The highest BCUT2D eigenvalue weighted by molar-refractivity contribution is 5.80. The maximum Gasteiger partial charge on any atom is 0.193 e. The van der Waals surface area contributed by atoms with Crippen molar-refractivity contribution in [1.82, 2.24) is 10.2 Å². The summed E-state index contributed by atoms with van der Waals surface area (Å²) >= 11 is 0. The summed E-state index contributed by atoms with van der Waals surface area (Å²) in [6, 6.07) is 0. The zero-order valence-corrected chi connectivity index (χ0v) is 14.0. The second-order valence-electron chi connectivity index (χ2n) is 6.29. The van der Waals surface area contributed by atoms with Crippen molar-refractivity contribution >= 4 is 5.96 Å². The molecule has 0 aromatic carbocycles. The molecule has 0 amide bonds. The molecule has 6 nitrogen and oxygen atoms in total. The fourth-order valence-electron chi connectivity index (χ4n) is 3.41. The van der Waals surface area contributed by atoms with Crippen LogP contribution in [-0.2, 0) is 9.47 Å². The summed E-state index contributed by atoms with van der Waals surface area (Å²) < 4.78 is 10.8. The van der Waals surface area contributed by atoms with Gasteiger partial charge in [-0.05, 0) is 18.8 Å². The molecule has 1 aliphatic heterocycles. The van der Waals surface area contributed by atoms with Gasteiger partial charge in [0.05, 0.1) is 25.4 Å². The van der Waals surface area contributed by atoms with Gasteiger partial charge in [-0.3, -0.25) is 4.99 Å². The minimum atomic E-state index is -0.284. The molecule has 2 atom stereocenters. The Morgan fingerprint density at radius 2 is 2.18 bits per heavy atom. The standard InChI is InChI=1S/C16H31N3O3/c1-17-16(19-8-9-22-14(11-19)12-21-2)18-10-15(20)13-6-4-3-5-7-13/h13-15,20H,3-12H2,1-2H3,(H,17,18). The first-order valence-electron chi connectivity index (χ1n) is 8.48. The van der Waals surface area contributed by atoms with Crippen LogP contribution in [0, 0.1) is 5.92 Å². The van der Waals surface area contributed by atoms with E-state index in [2.05, 4.69) is 15.2 Å². The first-order valence-corrected chi connectivity index (χ1v) is 8.48. The maximum atomic E-state index is 10.4. The van der Waals surface area contributed by atoms with Crippen LogP contribution < -0.4 is 5.32 Å². The summed E-state index contributed by atoms with van der Waals surface area (Å²) in [5.74, 6) is 1.28. The molecule has 2 N–H and O–H groups in total. The molecule has 0 spiro atoms. The Balaban J connectivity index is 1.78. The Morgan fingerprint density at radius 3 is 2.86 bits per heavy atom. The van der Waals surface area contributed by atoms with Gasteiger partial charge in [0.15, 0.2) is 5.96 Å². The van der Waals surface area contributed by atoms with Crippen molar-refractivity contribution in [2.45, 2.75) is 44.3 Å². The molecule has 2 fully saturated rings. The zero-order chi connectivity index (χ0) is 15.8. The molecule has 1 heterocycles. The highest BCUT2D eigenvalue weighted by Crippen LogP contribution is 2.26. The van der Waals surface area contributed by atoms with Crippen molar-refractivity contribution in [1.29, 1.82) is 0 Å². The molecule has 0 aromatic heterocycles. The van der Waals surface area contributed by atoms with E-state index >= 15 is 0 Å². The van der Waals surface area contributed by atoms with E-state index in [1.807, 2.05) is 0 Å². The molecule has 0 radical (unpaired) electrons. The molecule has 128 valence electrons. The van der Waals surface area contributed by atoms with Crippen molar-refractivity contribution in [3.8, 4) is 0 Å². The molecule has 1 saturated carbocycles. The lowest BCUT2D eigenvalue weighted by molar-refractivity contribution is -0.0449. The number of morpholine rings is 1. The van der Waals surface area contributed by atoms with Crippen LogP contribution in [0.3, 0.4) is 0 Å². The van der Waals surface area contributed by atoms with E-state index < -0.39 is 0 Å². The monoisotopic (exact) mass is 313 g/mol. The summed E-state index contributed by atoms with van der Waals surface area (Å²) in [6.45, 7) is 3.44. The van der Waals surface area contributed by atoms with Crippen molar-refractivity contribution in [2.24, 2.45) is 10.9 Å². The number of rotatable bonds is 5. The van der Waals surface area contributed by atoms with Gasteiger partial charge in [0.25, 0.3) is 0 Å². The first-order chi connectivity index (χ1) is 10.7. The Hall–Kier alpha value is -0.850. The topological polar surface area (TPSA) is 66.3 Å². The maximum absolute atomic E-state index is 10.4. The minimum Gasteiger partial charge on any atom is -0.391 e. The van der Waals surface area contributed by atoms with Crippen LogP contribution >= 0.6 is 0 Å². The Labute approximate surface area is 133 Å². The quantitative estimate of drug-likeness (QED) is 0.582. The molecule has 1 saturated heterocycles. The number of hydrogen-bond donors (Lipinski definition) is 2. The highest BCUT2D eigenvalue weighted by Gasteiger charge is 2.25. The molecule has 2 aliphatic rings. The van der Waals surface area contributed by atoms with Crippen LogP contribution in [0.4, 0.5) is 0 Å². The molecular formula is C16H31N3O3. The van der Waals surface area contributed by atoms with Gasteiger partial charge in [-0.15, -0.1) is 0 Å². The molecule has 6 heteroatoms. The third-order valence-corrected chi connectivity index (χ3v) is 4.67. The number of aliphatic hydroxyl groups is 1. The van der Waals surface area contributed by atoms with E-state index in [1.54, 1.807) is 14.2 Å². The number of methoxy groups -OCH3 is 1. The van der Waals surface area contributed by atoms with Crippen LogP contribution in [0.15, 0.2) is 4.99 Å². The van der Waals surface area contributed by atoms with Crippen LogP contribution in [0.1, 0.15) is 32.1 Å². The van der Waals surface area contributed by atoms with Crippen molar-refractivity contribution in [3.63, 3.8) is 0 Å². The van der Waals surface area contributed by atoms with Crippen LogP contribution in [0.25, 0.3) is 0 Å². The summed E-state index contributed by atoms with van der Waals surface area (Å²) in [5.41, 5.74) is 0. The normalized spacial score (nSPS) is 26.0. The van der Waals surface area contributed by atoms with Crippen LogP contribution in [-0.4, -0.2) is 75.2 Å². The van der Waals surface area contributed by atoms with E-state index in [4.69, 9.17) is 9.47 Å². The lowest BCUT2D eigenvalue weighted by Gasteiger charge is -2.35. The molecule has 2 rings (SSSR count). The van der Waals surface area contributed by atoms with Crippen molar-refractivity contribution in [2.75, 3.05) is 47.0 Å². The molecular weight excluding hydrogens is 282 g/mol. The number of nitrogens with one attached hydrogen (secondary N) is 1. The summed E-state index contributed by atoms with van der Waals surface area (Å²) in [4.78, 5) is 6.53. The average Bonchev–Trinajstić information content (AvgIpc) is 2.57. The average molecular weight is 313 g/mol. The highest BCUT2D eigenvalue weighted by atomic mass is 16.5. The van der Waals surface area contributed by atoms with Crippen LogP contribution in [0.5, 0.6) is 0 Å². The van der Waals surface area contributed by atoms with E-state index in [-0.39, 0.29) is 12.2 Å². The Morgan fingerprint density at radius 1 is 1.41 bits per heavy atom. The fourth-order valence-corrected chi connectivity index (χ4v) is 3.41. The molecule has 1 aliphatic carbocycles. The second kappa shape index (κ2) is 9.33. The molecule has 0 aromatic rings. The lowest BCUT2D eigenvalue weighted by atomic mass is 9.85. The third-order valence-electron chi connectivity index (χ3n) is 4.67. The number of hydrogen-bond acceptors (Lipinski definition) is 4. The summed E-state index contributed by atoms with van der Waals surface area (Å²) in [6.07, 6.45) is 5.90. The van der Waals surface area contributed by atoms with Gasteiger partial charge < -0.3 is 24.8 Å². The van der Waals surface area contributed by atoms with Gasteiger partial charge in [-0.2, -0.15) is 0 Å². The number of aliphatic imine (C=N–C) groups is 1. The Kier molecular flexibility index (Phi) is 7.42. The van der Waals surface area contributed by atoms with E-state index in [1.165, 1.54) is 19.3 Å². The smallest absolute Gasteiger partial charge is 0.193 e. The van der Waals surface area contributed by atoms with Gasteiger partial charge in [0.1, 0.15) is 0 Å². The summed E-state index contributed by atoms with van der Waals surface area (Å²) in [5, 5.41) is 13.7. The van der Waals surface area contributed by atoms with Crippen molar-refractivity contribution < 1.29 is 14.6 Å². The first kappa shape index (κ1) is 17.5. The Bertz CT molecular complexity index is 344. The molecule has 22 heavy (non-hydrogen) atoms. The van der Waals surface area contributed by atoms with Gasteiger partial charge in [0.2, 0.25) is 0 Å². The van der Waals surface area contributed by atoms with E-state index in [0.717, 1.165) is 31.9 Å². The van der Waals surface area contributed by atoms with E-state index in [9.17, 15) is 5.11 Å². The van der Waals surface area contributed by atoms with E-state index in [0.29, 0.717) is 25.7 Å². The van der Waals surface area contributed by atoms with Gasteiger partial charge in [0, 0.05) is 33.8 Å². The fraction of sp³-hybridized carbons (Fsp3) is 0.938. The molecule has 2 unspecified atom stereocenters. The van der Waals surface area contributed by atoms with Crippen LogP contribution in [0.2, 0.25) is 0 Å². The predicted octanol–water partition coefficient (Wildman–Crippen LogP) is 0.850. The minimum absolute atomic E-state index is 0.0839. The SMILES string of the molecule is CN=C(NCC(O)C1CCCCC1)N1CCOC(COC)C1. The van der Waals surface area contributed by atoms with Crippen molar-refractivity contribution in [3.05, 3.63) is 0 Å². The number of nitrogens with zero attached hydrogens (tertiary/aromatic N) is 2. The largest absolute Gasteiger partial charge is 0.391 e. The number of guanidine groups is 1. The van der Waals surface area contributed by atoms with Gasteiger partial charge in [-0.1, -0.05) is 19.3 Å². The van der Waals surface area contributed by atoms with Gasteiger partial charge in [-0.25, -0.2) is 0 Å². The third kappa shape index (κ3) is 5.11. The predicted molar refractivity (Wildman–Crippen MR) is 87.1 cm³/mol. The van der Waals surface area contributed by atoms with Gasteiger partial charge >= 0.3 is 0 Å². The number of ether oxygens (including phenoxy) is 2. The second-order valence-corrected chi connectivity index (χ2v) is 6.29. The molecule has 0 bridgehead atoms. The lowest BCUT2D eigenvalue weighted by Crippen LogP contribution is -2.53. The summed E-state index contributed by atoms with van der Waals surface area (Å²) in [7, 11) is 3.48. The zero-order valence-electron chi connectivity index (χ0n) is 14.0.